The molecule has 0 heteroatoms. The van der Waals surface area contributed by atoms with Gasteiger partial charge in [-0.15, -0.1) is 6.58 Å². The predicted octanol–water partition coefficient (Wildman–Crippen LogP) is 21.4. The molecular weight excluding hydrogens is 685 g/mol. The van der Waals surface area contributed by atoms with Gasteiger partial charge in [-0.25, -0.2) is 0 Å². The minimum absolute atomic E-state index is 0.844. The lowest BCUT2D eigenvalue weighted by Gasteiger charge is -2.16. The molecule has 338 valence electrons. The molecule has 0 aromatic heterocycles. The Balaban J connectivity index is 4.28. The van der Waals surface area contributed by atoms with E-state index in [4.69, 9.17) is 0 Å². The Hall–Kier alpha value is -0.780. The van der Waals surface area contributed by atoms with Gasteiger partial charge in [0, 0.05) is 0 Å². The third-order valence-electron chi connectivity index (χ3n) is 13.4. The lowest BCUT2D eigenvalue weighted by atomic mass is 9.90. The van der Waals surface area contributed by atoms with E-state index in [9.17, 15) is 0 Å². The first-order valence-electron chi connectivity index (χ1n) is 26.9. The van der Waals surface area contributed by atoms with Crippen LogP contribution in [0.15, 0.2) is 36.5 Å². The first-order chi connectivity index (χ1) is 28.0. The zero-order valence-electron chi connectivity index (χ0n) is 40.7. The molecule has 0 spiro atoms. The van der Waals surface area contributed by atoms with E-state index in [0.29, 0.717) is 0 Å². The maximum Gasteiger partial charge on any atom is -0.0320 e. The van der Waals surface area contributed by atoms with Gasteiger partial charge in [0.25, 0.3) is 0 Å². The molecule has 0 N–H and O–H groups in total. The second kappa shape index (κ2) is 47.9. The lowest BCUT2D eigenvalue weighted by Crippen LogP contribution is -2.01. The number of hydrogen-bond donors (Lipinski definition) is 0. The molecule has 0 radical (unpaired) electrons. The number of hydrogen-bond acceptors (Lipinski definition) is 0. The zero-order valence-corrected chi connectivity index (χ0v) is 40.7. The minimum atomic E-state index is 0.844. The summed E-state index contributed by atoms with van der Waals surface area (Å²) in [6.45, 7) is 15.9. The van der Waals surface area contributed by atoms with Crippen LogP contribution in [0.3, 0.4) is 0 Å². The van der Waals surface area contributed by atoms with Gasteiger partial charge < -0.3 is 0 Å². The highest BCUT2D eigenvalue weighted by Gasteiger charge is 2.09. The van der Waals surface area contributed by atoms with E-state index in [1.807, 2.05) is 5.57 Å². The minimum Gasteiger partial charge on any atom is -0.103 e. The molecular formula is C57H110. The van der Waals surface area contributed by atoms with Crippen LogP contribution in [0, 0.1) is 17.8 Å². The Morgan fingerprint density at radius 2 is 0.719 bits per heavy atom. The average Bonchev–Trinajstić information content (AvgIpc) is 3.20. The summed E-state index contributed by atoms with van der Waals surface area (Å²) in [5.74, 6) is 2.65. The second-order valence-corrected chi connectivity index (χ2v) is 19.6. The van der Waals surface area contributed by atoms with Crippen molar-refractivity contribution in [3.63, 3.8) is 0 Å². The summed E-state index contributed by atoms with van der Waals surface area (Å²) in [4.78, 5) is 0. The molecule has 0 saturated carbocycles. The Morgan fingerprint density at radius 1 is 0.386 bits per heavy atom. The molecule has 3 atom stereocenters. The van der Waals surface area contributed by atoms with Crippen molar-refractivity contribution >= 4 is 0 Å². The van der Waals surface area contributed by atoms with Crippen LogP contribution < -0.4 is 0 Å². The van der Waals surface area contributed by atoms with Crippen molar-refractivity contribution in [2.45, 2.75) is 311 Å². The average molecular weight is 796 g/mol. The molecule has 0 amide bonds. The third-order valence-corrected chi connectivity index (χ3v) is 13.4. The van der Waals surface area contributed by atoms with Crippen LogP contribution in [0.25, 0.3) is 0 Å². The molecule has 0 saturated heterocycles. The summed E-state index contributed by atoms with van der Waals surface area (Å²) >= 11 is 0. The van der Waals surface area contributed by atoms with Crippen molar-refractivity contribution < 1.29 is 0 Å². The van der Waals surface area contributed by atoms with E-state index in [0.717, 1.165) is 17.8 Å². The van der Waals surface area contributed by atoms with Crippen molar-refractivity contribution in [3.8, 4) is 0 Å². The van der Waals surface area contributed by atoms with Crippen LogP contribution in [-0.4, -0.2) is 0 Å². The molecule has 0 aromatic rings. The smallest absolute Gasteiger partial charge is 0.0320 e. The van der Waals surface area contributed by atoms with Crippen molar-refractivity contribution in [3.05, 3.63) is 36.5 Å². The van der Waals surface area contributed by atoms with Gasteiger partial charge in [-0.2, -0.15) is 0 Å². The van der Waals surface area contributed by atoms with Crippen molar-refractivity contribution in [2.75, 3.05) is 0 Å². The Morgan fingerprint density at radius 3 is 1.11 bits per heavy atom. The second-order valence-electron chi connectivity index (χ2n) is 19.6. The monoisotopic (exact) mass is 795 g/mol. The lowest BCUT2D eigenvalue weighted by molar-refractivity contribution is 0.384. The first kappa shape index (κ1) is 56.2. The fourth-order valence-electron chi connectivity index (χ4n) is 9.14. The summed E-state index contributed by atoms with van der Waals surface area (Å²) < 4.78 is 0. The molecule has 0 aliphatic carbocycles. The summed E-state index contributed by atoms with van der Waals surface area (Å²) in [6, 6.07) is 0. The van der Waals surface area contributed by atoms with Crippen LogP contribution in [0.1, 0.15) is 311 Å². The molecule has 0 nitrogen and oxygen atoms in total. The molecule has 0 aromatic carbocycles. The van der Waals surface area contributed by atoms with Crippen molar-refractivity contribution in [1.82, 2.24) is 0 Å². The number of allylic oxidation sites excluding steroid dienone is 5. The van der Waals surface area contributed by atoms with E-state index in [1.165, 1.54) is 276 Å². The van der Waals surface area contributed by atoms with E-state index in [2.05, 4.69) is 65.5 Å². The summed E-state index contributed by atoms with van der Waals surface area (Å²) in [6.07, 6.45) is 70.8. The van der Waals surface area contributed by atoms with Crippen LogP contribution in [0.2, 0.25) is 0 Å². The summed E-state index contributed by atoms with van der Waals surface area (Å²) in [5, 5.41) is 0. The van der Waals surface area contributed by atoms with Gasteiger partial charge in [0.05, 0.1) is 0 Å². The Kier molecular flexibility index (Phi) is 47.2. The SMILES string of the molecule is C=CCCCCC(C)CCCC(C)CCCC(C)CC=C(CCCCCCCCCCCCCCCCC)CCCCCCCCCCCCCCCCC=CC. The standard InChI is InChI=1S/C57H110/c1-7-10-13-16-18-20-22-24-26-27-29-31-33-35-37-39-42-51-57(50-41-38-36-34-32-30-28-25-23-21-19-17-14-11-8-2)53-52-56(6)49-44-48-55(5)47-43-46-54(4)45-40-15-12-9-3/h7,9-10,53-56H,3,8,11-52H2,1-2,4-6H3. The predicted molar refractivity (Wildman–Crippen MR) is 265 cm³/mol. The molecule has 0 rings (SSSR count). The highest BCUT2D eigenvalue weighted by Crippen LogP contribution is 2.25. The van der Waals surface area contributed by atoms with Gasteiger partial charge in [-0.05, 0) is 82.5 Å². The molecule has 0 aliphatic heterocycles. The van der Waals surface area contributed by atoms with Gasteiger partial charge in [0.1, 0.15) is 0 Å². The van der Waals surface area contributed by atoms with Crippen LogP contribution in [0.4, 0.5) is 0 Å². The van der Waals surface area contributed by atoms with Crippen LogP contribution in [0.5, 0.6) is 0 Å². The van der Waals surface area contributed by atoms with Gasteiger partial charge in [-0.1, -0.05) is 276 Å². The largest absolute Gasteiger partial charge is 0.103 e. The molecule has 57 heavy (non-hydrogen) atoms. The Bertz CT molecular complexity index is 816. The molecule has 0 heterocycles. The highest BCUT2D eigenvalue weighted by molar-refractivity contribution is 5.02. The topological polar surface area (TPSA) is 0 Å². The van der Waals surface area contributed by atoms with Gasteiger partial charge in [-0.3, -0.25) is 0 Å². The maximum absolute atomic E-state index is 3.87. The zero-order chi connectivity index (χ0) is 41.5. The fourth-order valence-corrected chi connectivity index (χ4v) is 9.14. The summed E-state index contributed by atoms with van der Waals surface area (Å²) in [5.41, 5.74) is 1.82. The number of unbranched alkanes of at least 4 members (excludes halogenated alkanes) is 30. The van der Waals surface area contributed by atoms with E-state index in [1.54, 1.807) is 0 Å². The molecule has 0 aliphatic rings. The van der Waals surface area contributed by atoms with Gasteiger partial charge >= 0.3 is 0 Å². The Labute approximate surface area is 363 Å². The third kappa shape index (κ3) is 46.1. The first-order valence-corrected chi connectivity index (χ1v) is 26.9. The molecule has 3 unspecified atom stereocenters. The van der Waals surface area contributed by atoms with Gasteiger partial charge in [0.2, 0.25) is 0 Å². The normalized spacial score (nSPS) is 13.8. The van der Waals surface area contributed by atoms with E-state index < -0.39 is 0 Å². The van der Waals surface area contributed by atoms with E-state index >= 15 is 0 Å². The quantitative estimate of drug-likeness (QED) is 0.0425. The van der Waals surface area contributed by atoms with Crippen molar-refractivity contribution in [2.24, 2.45) is 17.8 Å². The molecule has 0 bridgehead atoms. The summed E-state index contributed by atoms with van der Waals surface area (Å²) in [7, 11) is 0. The van der Waals surface area contributed by atoms with E-state index in [-0.39, 0.29) is 0 Å². The number of rotatable bonds is 48. The van der Waals surface area contributed by atoms with Crippen LogP contribution in [-0.2, 0) is 0 Å². The van der Waals surface area contributed by atoms with Crippen molar-refractivity contribution in [1.29, 1.82) is 0 Å². The fraction of sp³-hybridized carbons (Fsp3) is 0.895. The highest BCUT2D eigenvalue weighted by atomic mass is 14.1. The van der Waals surface area contributed by atoms with Crippen LogP contribution >= 0.6 is 0 Å². The maximum atomic E-state index is 3.87. The molecule has 0 fully saturated rings. The van der Waals surface area contributed by atoms with Gasteiger partial charge in [0.15, 0.2) is 0 Å².